The van der Waals surface area contributed by atoms with Gasteiger partial charge in [-0.1, -0.05) is 5.16 Å². The van der Waals surface area contributed by atoms with Gasteiger partial charge in [-0.15, -0.1) is 11.3 Å². The molecular weight excluding hydrogens is 478 g/mol. The summed E-state index contributed by atoms with van der Waals surface area (Å²) in [6.07, 6.45) is 2.55. The lowest BCUT2D eigenvalue weighted by molar-refractivity contribution is 0.320. The van der Waals surface area contributed by atoms with E-state index in [0.717, 1.165) is 47.0 Å². The second kappa shape index (κ2) is 10.2. The van der Waals surface area contributed by atoms with Crippen molar-refractivity contribution in [1.82, 2.24) is 20.0 Å². The Hall–Kier alpha value is -4.12. The summed E-state index contributed by atoms with van der Waals surface area (Å²) < 4.78 is 16.2. The molecule has 5 rings (SSSR count). The number of nitrogens with one attached hydrogen (secondary N) is 2. The number of benzene rings is 2. The van der Waals surface area contributed by atoms with Gasteiger partial charge in [0.25, 0.3) is 0 Å². The van der Waals surface area contributed by atoms with Gasteiger partial charge in [0, 0.05) is 41.2 Å². The first-order chi connectivity index (χ1) is 17.5. The Morgan fingerprint density at radius 3 is 2.67 bits per heavy atom. The summed E-state index contributed by atoms with van der Waals surface area (Å²) in [6, 6.07) is 13.7. The molecule has 10 nitrogen and oxygen atoms in total. The van der Waals surface area contributed by atoms with Crippen molar-refractivity contribution in [1.29, 1.82) is 5.41 Å². The third-order valence-corrected chi connectivity index (χ3v) is 6.90. The lowest BCUT2D eigenvalue weighted by atomic mass is 10.1. The number of guanidine groups is 1. The van der Waals surface area contributed by atoms with E-state index in [-0.39, 0.29) is 12.0 Å². The highest BCUT2D eigenvalue weighted by atomic mass is 32.1. The number of nitrogens with zero attached hydrogens (tertiary/aromatic N) is 4. The average Bonchev–Trinajstić information content (AvgIpc) is 3.66. The summed E-state index contributed by atoms with van der Waals surface area (Å²) >= 11 is 1.52. The van der Waals surface area contributed by atoms with Crippen LogP contribution in [0.3, 0.4) is 0 Å². The molecule has 0 saturated carbocycles. The van der Waals surface area contributed by atoms with E-state index in [4.69, 9.17) is 30.1 Å². The molecule has 0 unspecified atom stereocenters. The second-order valence-corrected chi connectivity index (χ2v) is 9.26. The number of hydrogen-bond acceptors (Lipinski definition) is 9. The molecule has 36 heavy (non-hydrogen) atoms. The molecular formula is C25H27N7O3S. The smallest absolute Gasteiger partial charge is 0.229 e. The summed E-state index contributed by atoms with van der Waals surface area (Å²) in [6.45, 7) is 0.796. The highest BCUT2D eigenvalue weighted by Crippen LogP contribution is 2.34. The molecule has 1 aliphatic rings. The molecule has 186 valence electrons. The van der Waals surface area contributed by atoms with Crippen molar-refractivity contribution in [3.63, 3.8) is 0 Å². The van der Waals surface area contributed by atoms with Crippen molar-refractivity contribution >= 4 is 28.1 Å². The van der Waals surface area contributed by atoms with Crippen LogP contribution in [-0.2, 0) is 6.42 Å². The van der Waals surface area contributed by atoms with E-state index in [1.54, 1.807) is 14.2 Å². The van der Waals surface area contributed by atoms with E-state index in [1.165, 1.54) is 11.3 Å². The molecule has 0 bridgehead atoms. The number of rotatable bonds is 8. The van der Waals surface area contributed by atoms with Crippen LogP contribution in [0.15, 0.2) is 52.4 Å². The predicted molar refractivity (Wildman–Crippen MR) is 139 cm³/mol. The second-order valence-electron chi connectivity index (χ2n) is 8.40. The number of nitrogens with two attached hydrogens (primary N) is 1. The topological polar surface area (TPSA) is 135 Å². The van der Waals surface area contributed by atoms with E-state index < -0.39 is 0 Å². The van der Waals surface area contributed by atoms with Gasteiger partial charge in [0.05, 0.1) is 19.9 Å². The van der Waals surface area contributed by atoms with Crippen LogP contribution in [0.5, 0.6) is 11.5 Å². The van der Waals surface area contributed by atoms with E-state index in [2.05, 4.69) is 15.5 Å². The maximum absolute atomic E-state index is 7.72. The van der Waals surface area contributed by atoms with Crippen LogP contribution >= 0.6 is 11.3 Å². The van der Waals surface area contributed by atoms with Crippen molar-refractivity contribution in [3.05, 3.63) is 53.7 Å². The molecule has 1 fully saturated rings. The SMILES string of the molecule is COc1ccc(-c2csc(Nc3ccc(-c4noc(C[C@@H]5CCCN5C(=N)N)n4)cc3)n2)cc1OC. The Balaban J connectivity index is 1.24. The zero-order valence-corrected chi connectivity index (χ0v) is 20.8. The predicted octanol–water partition coefficient (Wildman–Crippen LogP) is 4.52. The summed E-state index contributed by atoms with van der Waals surface area (Å²) in [5.74, 6) is 2.53. The Bertz CT molecular complexity index is 1350. The quantitative estimate of drug-likeness (QED) is 0.233. The number of aromatic nitrogens is 3. The monoisotopic (exact) mass is 505 g/mol. The summed E-state index contributed by atoms with van der Waals surface area (Å²) in [4.78, 5) is 11.1. The van der Waals surface area contributed by atoms with Gasteiger partial charge in [0.2, 0.25) is 11.7 Å². The van der Waals surface area contributed by atoms with Crippen molar-refractivity contribution < 1.29 is 14.0 Å². The highest BCUT2D eigenvalue weighted by molar-refractivity contribution is 7.14. The summed E-state index contributed by atoms with van der Waals surface area (Å²) in [5.41, 5.74) is 9.24. The van der Waals surface area contributed by atoms with Crippen LogP contribution in [0.25, 0.3) is 22.6 Å². The van der Waals surface area contributed by atoms with Gasteiger partial charge < -0.3 is 29.9 Å². The number of likely N-dealkylation sites (tertiary alicyclic amines) is 1. The van der Waals surface area contributed by atoms with Crippen molar-refractivity contribution in [2.45, 2.75) is 25.3 Å². The van der Waals surface area contributed by atoms with Crippen LogP contribution in [-0.4, -0.2) is 52.8 Å². The summed E-state index contributed by atoms with van der Waals surface area (Å²) in [5, 5.41) is 18.0. The van der Waals surface area contributed by atoms with E-state index in [0.29, 0.717) is 29.6 Å². The Kier molecular flexibility index (Phi) is 6.72. The zero-order valence-electron chi connectivity index (χ0n) is 20.0. The Morgan fingerprint density at radius 2 is 1.92 bits per heavy atom. The Labute approximate surface area is 212 Å². The third kappa shape index (κ3) is 4.96. The Morgan fingerprint density at radius 1 is 1.14 bits per heavy atom. The molecule has 4 N–H and O–H groups in total. The van der Waals surface area contributed by atoms with Crippen LogP contribution < -0.4 is 20.5 Å². The van der Waals surface area contributed by atoms with E-state index in [9.17, 15) is 0 Å². The van der Waals surface area contributed by atoms with Crippen LogP contribution in [0.2, 0.25) is 0 Å². The van der Waals surface area contributed by atoms with Gasteiger partial charge in [-0.25, -0.2) is 4.98 Å². The normalized spacial score (nSPS) is 15.2. The van der Waals surface area contributed by atoms with Crippen LogP contribution in [0.1, 0.15) is 18.7 Å². The third-order valence-electron chi connectivity index (χ3n) is 6.14. The molecule has 0 radical (unpaired) electrons. The molecule has 11 heteroatoms. The van der Waals surface area contributed by atoms with Gasteiger partial charge in [-0.2, -0.15) is 4.98 Å². The molecule has 4 aromatic rings. The first-order valence-corrected chi connectivity index (χ1v) is 12.4. The lowest BCUT2D eigenvalue weighted by Crippen LogP contribution is -2.41. The maximum Gasteiger partial charge on any atom is 0.229 e. The van der Waals surface area contributed by atoms with E-state index in [1.807, 2.05) is 52.7 Å². The van der Waals surface area contributed by atoms with Gasteiger partial charge in [-0.05, 0) is 55.3 Å². The molecule has 2 aromatic heterocycles. The minimum Gasteiger partial charge on any atom is -0.493 e. The number of ether oxygens (including phenoxy) is 2. The van der Waals surface area contributed by atoms with Gasteiger partial charge >= 0.3 is 0 Å². The number of methoxy groups -OCH3 is 2. The molecule has 3 heterocycles. The first-order valence-electron chi connectivity index (χ1n) is 11.5. The molecule has 1 saturated heterocycles. The number of hydrogen-bond donors (Lipinski definition) is 3. The van der Waals surface area contributed by atoms with Gasteiger partial charge in [0.15, 0.2) is 22.6 Å². The summed E-state index contributed by atoms with van der Waals surface area (Å²) in [7, 11) is 3.23. The fourth-order valence-electron chi connectivity index (χ4n) is 4.31. The van der Waals surface area contributed by atoms with Crippen LogP contribution in [0, 0.1) is 5.41 Å². The molecule has 0 spiro atoms. The fourth-order valence-corrected chi connectivity index (χ4v) is 5.05. The molecule has 2 aromatic carbocycles. The standard InChI is InChI=1S/C25H27N7O3S/c1-33-20-10-7-16(12-21(20)34-2)19-14-36-25(29-19)28-17-8-5-15(6-9-17)23-30-22(35-31-23)13-18-4-3-11-32(18)24(26)27/h5-10,12,14,18H,3-4,11,13H2,1-2H3,(H3,26,27)(H,28,29)/t18-/m0/s1. The molecule has 1 atom stereocenters. The largest absolute Gasteiger partial charge is 0.493 e. The van der Waals surface area contributed by atoms with Crippen molar-refractivity contribution in [2.75, 3.05) is 26.1 Å². The zero-order chi connectivity index (χ0) is 25.1. The van der Waals surface area contributed by atoms with Crippen molar-refractivity contribution in [2.24, 2.45) is 5.73 Å². The fraction of sp³-hybridized carbons (Fsp3) is 0.280. The van der Waals surface area contributed by atoms with Crippen molar-refractivity contribution in [3.8, 4) is 34.1 Å². The van der Waals surface area contributed by atoms with Gasteiger partial charge in [0.1, 0.15) is 0 Å². The highest BCUT2D eigenvalue weighted by Gasteiger charge is 2.27. The molecule has 0 aliphatic carbocycles. The molecule has 0 amide bonds. The number of anilines is 2. The number of thiazole rings is 1. The molecule has 1 aliphatic heterocycles. The van der Waals surface area contributed by atoms with E-state index >= 15 is 0 Å². The minimum absolute atomic E-state index is 0.0939. The minimum atomic E-state index is 0.0939. The average molecular weight is 506 g/mol. The lowest BCUT2D eigenvalue weighted by Gasteiger charge is -2.23. The first kappa shape index (κ1) is 23.6. The van der Waals surface area contributed by atoms with Crippen LogP contribution in [0.4, 0.5) is 10.8 Å². The van der Waals surface area contributed by atoms with Gasteiger partial charge in [-0.3, -0.25) is 5.41 Å². The maximum atomic E-state index is 7.72.